The molecule has 19 heavy (non-hydrogen) atoms. The summed E-state index contributed by atoms with van der Waals surface area (Å²) in [5.41, 5.74) is -0.430. The highest BCUT2D eigenvalue weighted by molar-refractivity contribution is 5.98. The van der Waals surface area contributed by atoms with E-state index in [0.717, 1.165) is 19.3 Å². The maximum atomic E-state index is 12.4. The number of hydrogen-bond donors (Lipinski definition) is 1. The fraction of sp³-hybridized carbons (Fsp3) is 0.867. The van der Waals surface area contributed by atoms with Gasteiger partial charge in [0.1, 0.15) is 5.92 Å². The van der Waals surface area contributed by atoms with Gasteiger partial charge in [-0.1, -0.05) is 27.7 Å². The van der Waals surface area contributed by atoms with E-state index in [1.807, 2.05) is 20.8 Å². The van der Waals surface area contributed by atoms with Gasteiger partial charge in [0.2, 0.25) is 5.91 Å². The van der Waals surface area contributed by atoms with Crippen molar-refractivity contribution in [2.24, 2.45) is 17.3 Å². The van der Waals surface area contributed by atoms with Crippen LogP contribution in [-0.4, -0.2) is 24.5 Å². The lowest BCUT2D eigenvalue weighted by Gasteiger charge is -2.28. The van der Waals surface area contributed by atoms with E-state index in [1.54, 1.807) is 6.92 Å². The highest BCUT2D eigenvalue weighted by Gasteiger charge is 2.40. The van der Waals surface area contributed by atoms with Crippen LogP contribution in [0.5, 0.6) is 0 Å². The minimum Gasteiger partial charge on any atom is -0.465 e. The summed E-state index contributed by atoms with van der Waals surface area (Å²) in [6, 6.07) is 0.210. The molecular weight excluding hydrogens is 242 g/mol. The van der Waals surface area contributed by atoms with Gasteiger partial charge in [-0.05, 0) is 37.5 Å². The molecule has 0 bridgehead atoms. The van der Waals surface area contributed by atoms with Crippen molar-refractivity contribution in [1.82, 2.24) is 5.32 Å². The van der Waals surface area contributed by atoms with Crippen molar-refractivity contribution in [1.29, 1.82) is 0 Å². The average Bonchev–Trinajstić information content (AvgIpc) is 2.61. The second-order valence-electron chi connectivity index (χ2n) is 6.67. The van der Waals surface area contributed by atoms with Crippen molar-refractivity contribution in [3.8, 4) is 0 Å². The third-order valence-corrected chi connectivity index (χ3v) is 3.69. The summed E-state index contributed by atoms with van der Waals surface area (Å²) in [7, 11) is 0. The van der Waals surface area contributed by atoms with Gasteiger partial charge < -0.3 is 10.1 Å². The highest BCUT2D eigenvalue weighted by atomic mass is 16.5. The van der Waals surface area contributed by atoms with E-state index in [2.05, 4.69) is 12.2 Å². The van der Waals surface area contributed by atoms with E-state index in [0.29, 0.717) is 12.5 Å². The normalized spacial score (nSPS) is 24.9. The first-order valence-corrected chi connectivity index (χ1v) is 7.22. The molecule has 1 rings (SSSR count). The molecule has 0 radical (unpaired) electrons. The third-order valence-electron chi connectivity index (χ3n) is 3.69. The lowest BCUT2D eigenvalue weighted by atomic mass is 9.80. The molecule has 110 valence electrons. The number of carbonyl (C=O) groups is 2. The minimum atomic E-state index is -0.733. The van der Waals surface area contributed by atoms with Gasteiger partial charge in [-0.2, -0.15) is 0 Å². The number of carbonyl (C=O) groups excluding carboxylic acids is 2. The number of esters is 1. The molecule has 1 fully saturated rings. The summed E-state index contributed by atoms with van der Waals surface area (Å²) in [6.07, 6.45) is 3.16. The molecule has 1 aliphatic carbocycles. The first-order chi connectivity index (χ1) is 8.75. The quantitative estimate of drug-likeness (QED) is 0.630. The Bertz CT molecular complexity index is 333. The molecule has 0 spiro atoms. The van der Waals surface area contributed by atoms with Gasteiger partial charge >= 0.3 is 5.97 Å². The van der Waals surface area contributed by atoms with Gasteiger partial charge in [0, 0.05) is 6.04 Å². The van der Waals surface area contributed by atoms with Gasteiger partial charge in [-0.15, -0.1) is 0 Å². The Labute approximate surface area is 116 Å². The van der Waals surface area contributed by atoms with Gasteiger partial charge in [0.15, 0.2) is 0 Å². The van der Waals surface area contributed by atoms with E-state index in [1.165, 1.54) is 0 Å². The molecule has 0 saturated heterocycles. The molecule has 0 aromatic carbocycles. The van der Waals surface area contributed by atoms with E-state index >= 15 is 0 Å². The molecule has 3 atom stereocenters. The Morgan fingerprint density at radius 2 is 1.95 bits per heavy atom. The molecule has 1 amide bonds. The monoisotopic (exact) mass is 269 g/mol. The van der Waals surface area contributed by atoms with Gasteiger partial charge in [-0.3, -0.25) is 9.59 Å². The third kappa shape index (κ3) is 4.51. The number of nitrogens with one attached hydrogen (secondary N) is 1. The molecule has 1 saturated carbocycles. The fourth-order valence-electron chi connectivity index (χ4n) is 2.70. The Morgan fingerprint density at radius 1 is 1.32 bits per heavy atom. The Kier molecular flexibility index (Phi) is 5.39. The van der Waals surface area contributed by atoms with Crippen LogP contribution in [-0.2, 0) is 14.3 Å². The number of hydrogen-bond acceptors (Lipinski definition) is 3. The van der Waals surface area contributed by atoms with Gasteiger partial charge in [0.25, 0.3) is 0 Å². The Hall–Kier alpha value is -1.06. The van der Waals surface area contributed by atoms with Crippen LogP contribution >= 0.6 is 0 Å². The molecule has 0 aliphatic heterocycles. The topological polar surface area (TPSA) is 55.4 Å². The van der Waals surface area contributed by atoms with Crippen LogP contribution < -0.4 is 5.32 Å². The maximum absolute atomic E-state index is 12.4. The van der Waals surface area contributed by atoms with Gasteiger partial charge in [0.05, 0.1) is 6.61 Å². The van der Waals surface area contributed by atoms with Crippen molar-refractivity contribution in [2.45, 2.75) is 59.9 Å². The van der Waals surface area contributed by atoms with Crippen LogP contribution in [0.15, 0.2) is 0 Å². The zero-order valence-corrected chi connectivity index (χ0v) is 12.8. The number of amides is 1. The van der Waals surface area contributed by atoms with Crippen LogP contribution in [0, 0.1) is 17.3 Å². The Morgan fingerprint density at radius 3 is 2.37 bits per heavy atom. The second kappa shape index (κ2) is 6.40. The molecule has 1 N–H and O–H groups in total. The predicted molar refractivity (Wildman–Crippen MR) is 74.5 cm³/mol. The molecule has 0 aromatic rings. The summed E-state index contributed by atoms with van der Waals surface area (Å²) < 4.78 is 5.04. The van der Waals surface area contributed by atoms with E-state index < -0.39 is 17.3 Å². The Balaban J connectivity index is 2.69. The average molecular weight is 269 g/mol. The van der Waals surface area contributed by atoms with Crippen LogP contribution in [0.2, 0.25) is 0 Å². The first kappa shape index (κ1) is 16.0. The zero-order valence-electron chi connectivity index (χ0n) is 12.8. The summed E-state index contributed by atoms with van der Waals surface area (Å²) in [6.45, 7) is 9.94. The van der Waals surface area contributed by atoms with Crippen LogP contribution in [0.4, 0.5) is 0 Å². The predicted octanol–water partition coefficient (Wildman–Crippen LogP) is 2.52. The second-order valence-corrected chi connectivity index (χ2v) is 6.67. The lowest BCUT2D eigenvalue weighted by molar-refractivity contribution is -0.156. The fourth-order valence-corrected chi connectivity index (χ4v) is 2.70. The van der Waals surface area contributed by atoms with Crippen LogP contribution in [0.3, 0.4) is 0 Å². The SMILES string of the molecule is CCOC(=O)C(C(=O)NC1CCC(C)C1)C(C)(C)C. The standard InChI is InChI=1S/C15H27NO3/c1-6-19-14(18)12(15(3,4)5)13(17)16-11-8-7-10(2)9-11/h10-12H,6-9H2,1-5H3,(H,16,17). The summed E-state index contributed by atoms with van der Waals surface area (Å²) in [5, 5.41) is 3.02. The van der Waals surface area contributed by atoms with Crippen LogP contribution in [0.1, 0.15) is 53.9 Å². The number of rotatable bonds is 4. The van der Waals surface area contributed by atoms with E-state index in [4.69, 9.17) is 4.74 Å². The zero-order chi connectivity index (χ0) is 14.6. The summed E-state index contributed by atoms with van der Waals surface area (Å²) >= 11 is 0. The van der Waals surface area contributed by atoms with Crippen LogP contribution in [0.25, 0.3) is 0 Å². The van der Waals surface area contributed by atoms with Crippen molar-refractivity contribution < 1.29 is 14.3 Å². The van der Waals surface area contributed by atoms with Crippen molar-refractivity contribution in [2.75, 3.05) is 6.61 Å². The summed E-state index contributed by atoms with van der Waals surface area (Å²) in [4.78, 5) is 24.3. The van der Waals surface area contributed by atoms with E-state index in [9.17, 15) is 9.59 Å². The van der Waals surface area contributed by atoms with Crippen molar-refractivity contribution >= 4 is 11.9 Å². The molecule has 1 aliphatic rings. The first-order valence-electron chi connectivity index (χ1n) is 7.22. The number of ether oxygens (including phenoxy) is 1. The smallest absolute Gasteiger partial charge is 0.319 e. The molecule has 3 unspecified atom stereocenters. The molecule has 0 heterocycles. The van der Waals surface area contributed by atoms with Crippen molar-refractivity contribution in [3.05, 3.63) is 0 Å². The molecule has 4 nitrogen and oxygen atoms in total. The van der Waals surface area contributed by atoms with Gasteiger partial charge in [-0.25, -0.2) is 0 Å². The largest absolute Gasteiger partial charge is 0.465 e. The summed E-state index contributed by atoms with van der Waals surface area (Å²) in [5.74, 6) is -0.687. The molecular formula is C15H27NO3. The maximum Gasteiger partial charge on any atom is 0.319 e. The minimum absolute atomic E-state index is 0.190. The highest BCUT2D eigenvalue weighted by Crippen LogP contribution is 2.29. The van der Waals surface area contributed by atoms with Crippen molar-refractivity contribution in [3.63, 3.8) is 0 Å². The lowest BCUT2D eigenvalue weighted by Crippen LogP contribution is -2.46. The van der Waals surface area contributed by atoms with E-state index in [-0.39, 0.29) is 11.9 Å². The molecule has 0 aromatic heterocycles. The molecule has 4 heteroatoms.